The molecule has 0 spiro atoms. The lowest BCUT2D eigenvalue weighted by atomic mass is 10.0. The van der Waals surface area contributed by atoms with E-state index in [1.54, 1.807) is 0 Å². The summed E-state index contributed by atoms with van der Waals surface area (Å²) in [6, 6.07) is 12.5. The van der Waals surface area contributed by atoms with Crippen LogP contribution in [0.3, 0.4) is 0 Å². The molecule has 1 aromatic heterocycles. The highest BCUT2D eigenvalue weighted by Gasteiger charge is 2.27. The summed E-state index contributed by atoms with van der Waals surface area (Å²) in [5, 5.41) is 12.5. The van der Waals surface area contributed by atoms with Gasteiger partial charge < -0.3 is 15.1 Å². The average Bonchev–Trinajstić information content (AvgIpc) is 2.75. The second-order valence-electron chi connectivity index (χ2n) is 7.20. The zero-order chi connectivity index (χ0) is 18.5. The highest BCUT2D eigenvalue weighted by molar-refractivity contribution is 5.54. The summed E-state index contributed by atoms with van der Waals surface area (Å²) in [6.07, 6.45) is 6.26. The zero-order valence-corrected chi connectivity index (χ0v) is 15.5. The van der Waals surface area contributed by atoms with Crippen LogP contribution in [0, 0.1) is 11.3 Å². The molecule has 2 fully saturated rings. The minimum atomic E-state index is 0.150. The molecule has 0 unspecified atom stereocenters. The third-order valence-corrected chi connectivity index (χ3v) is 5.41. The lowest BCUT2D eigenvalue weighted by Gasteiger charge is -2.40. The minimum absolute atomic E-state index is 0.150. The average molecular weight is 363 g/mol. The standard InChI is InChI=1S/C20H25N7/c21-15-18-23-19(22-16-7-3-1-4-8-16)25-20(24-18)27-13-9-17(10-14-27)26-11-5-2-6-12-26/h1,3-4,7-8,17H,2,5-6,9-14H2,(H,22,23,24,25). The molecule has 2 aromatic rings. The topological polar surface area (TPSA) is 81.0 Å². The minimum Gasteiger partial charge on any atom is -0.341 e. The Morgan fingerprint density at radius 1 is 0.926 bits per heavy atom. The fourth-order valence-corrected chi connectivity index (χ4v) is 3.98. The van der Waals surface area contributed by atoms with Crippen LogP contribution in [-0.2, 0) is 0 Å². The Morgan fingerprint density at radius 2 is 1.67 bits per heavy atom. The molecule has 0 atom stereocenters. The molecule has 3 heterocycles. The number of aromatic nitrogens is 3. The molecule has 2 aliphatic heterocycles. The smallest absolute Gasteiger partial charge is 0.238 e. The van der Waals surface area contributed by atoms with Crippen molar-refractivity contribution in [1.29, 1.82) is 5.26 Å². The molecule has 0 amide bonds. The maximum Gasteiger partial charge on any atom is 0.238 e. The van der Waals surface area contributed by atoms with E-state index < -0.39 is 0 Å². The van der Waals surface area contributed by atoms with Crippen LogP contribution in [0.25, 0.3) is 0 Å². The Kier molecular flexibility index (Phi) is 5.45. The first kappa shape index (κ1) is 17.7. The summed E-state index contributed by atoms with van der Waals surface area (Å²) in [6.45, 7) is 4.31. The van der Waals surface area contributed by atoms with Crippen molar-refractivity contribution in [2.45, 2.75) is 38.1 Å². The van der Waals surface area contributed by atoms with Crippen molar-refractivity contribution in [3.05, 3.63) is 36.2 Å². The monoisotopic (exact) mass is 363 g/mol. The summed E-state index contributed by atoms with van der Waals surface area (Å²) in [5.74, 6) is 1.16. The van der Waals surface area contributed by atoms with Gasteiger partial charge in [0.25, 0.3) is 0 Å². The molecule has 1 aromatic carbocycles. The Bertz CT molecular complexity index is 788. The van der Waals surface area contributed by atoms with E-state index in [9.17, 15) is 5.26 Å². The van der Waals surface area contributed by atoms with Gasteiger partial charge in [0.1, 0.15) is 6.07 Å². The Labute approximate surface area is 160 Å². The number of rotatable bonds is 4. The highest BCUT2D eigenvalue weighted by Crippen LogP contribution is 2.24. The zero-order valence-electron chi connectivity index (χ0n) is 15.5. The second kappa shape index (κ2) is 8.31. The highest BCUT2D eigenvalue weighted by atomic mass is 15.3. The van der Waals surface area contributed by atoms with Crippen LogP contribution in [0.1, 0.15) is 37.9 Å². The molecule has 140 valence electrons. The predicted octanol–water partition coefficient (Wildman–Crippen LogP) is 2.94. The van der Waals surface area contributed by atoms with Crippen molar-refractivity contribution in [2.75, 3.05) is 36.4 Å². The fourth-order valence-electron chi connectivity index (χ4n) is 3.98. The van der Waals surface area contributed by atoms with E-state index in [0.717, 1.165) is 31.6 Å². The second-order valence-corrected chi connectivity index (χ2v) is 7.20. The van der Waals surface area contributed by atoms with Crippen LogP contribution in [-0.4, -0.2) is 52.1 Å². The number of piperidine rings is 2. The quantitative estimate of drug-likeness (QED) is 0.894. The van der Waals surface area contributed by atoms with Gasteiger partial charge in [0.15, 0.2) is 0 Å². The first-order valence-electron chi connectivity index (χ1n) is 9.79. The number of nitriles is 1. The molecule has 0 aliphatic carbocycles. The Morgan fingerprint density at radius 3 is 2.37 bits per heavy atom. The van der Waals surface area contributed by atoms with Crippen molar-refractivity contribution >= 4 is 17.6 Å². The van der Waals surface area contributed by atoms with Crippen molar-refractivity contribution in [2.24, 2.45) is 0 Å². The van der Waals surface area contributed by atoms with Gasteiger partial charge in [-0.15, -0.1) is 0 Å². The van der Waals surface area contributed by atoms with E-state index in [1.807, 2.05) is 30.3 Å². The van der Waals surface area contributed by atoms with Crippen molar-refractivity contribution in [3.63, 3.8) is 0 Å². The predicted molar refractivity (Wildman–Crippen MR) is 105 cm³/mol. The number of hydrogen-bond donors (Lipinski definition) is 1. The summed E-state index contributed by atoms with van der Waals surface area (Å²) < 4.78 is 0. The van der Waals surface area contributed by atoms with Crippen LogP contribution in [0.2, 0.25) is 0 Å². The summed E-state index contributed by atoms with van der Waals surface area (Å²) in [7, 11) is 0. The molecule has 7 heteroatoms. The summed E-state index contributed by atoms with van der Waals surface area (Å²) in [5.41, 5.74) is 0.891. The van der Waals surface area contributed by atoms with Gasteiger partial charge >= 0.3 is 0 Å². The van der Waals surface area contributed by atoms with Gasteiger partial charge in [0.2, 0.25) is 17.7 Å². The van der Waals surface area contributed by atoms with Crippen LogP contribution in [0.4, 0.5) is 17.6 Å². The van der Waals surface area contributed by atoms with Gasteiger partial charge in [0, 0.05) is 24.8 Å². The fraction of sp³-hybridized carbons (Fsp3) is 0.500. The normalized spacial score (nSPS) is 18.9. The molecule has 0 radical (unpaired) electrons. The van der Waals surface area contributed by atoms with Crippen LogP contribution < -0.4 is 10.2 Å². The first-order valence-corrected chi connectivity index (χ1v) is 9.79. The number of para-hydroxylation sites is 1. The summed E-state index contributed by atoms with van der Waals surface area (Å²) >= 11 is 0. The van der Waals surface area contributed by atoms with Crippen molar-refractivity contribution in [1.82, 2.24) is 19.9 Å². The molecule has 2 saturated heterocycles. The van der Waals surface area contributed by atoms with E-state index in [0.29, 0.717) is 17.9 Å². The van der Waals surface area contributed by atoms with Gasteiger partial charge in [-0.05, 0) is 50.9 Å². The van der Waals surface area contributed by atoms with E-state index in [2.05, 4.69) is 36.1 Å². The molecule has 4 rings (SSSR count). The lowest BCUT2D eigenvalue weighted by molar-refractivity contribution is 0.141. The third-order valence-electron chi connectivity index (χ3n) is 5.41. The number of anilines is 3. The Balaban J connectivity index is 1.45. The van der Waals surface area contributed by atoms with E-state index in [1.165, 1.54) is 32.4 Å². The number of benzene rings is 1. The van der Waals surface area contributed by atoms with E-state index in [-0.39, 0.29) is 5.82 Å². The first-order chi connectivity index (χ1) is 13.3. The maximum atomic E-state index is 9.31. The van der Waals surface area contributed by atoms with Gasteiger partial charge in [0.05, 0.1) is 0 Å². The van der Waals surface area contributed by atoms with Crippen molar-refractivity contribution in [3.8, 4) is 6.07 Å². The SMILES string of the molecule is N#Cc1nc(Nc2ccccc2)nc(N2CCC(N3CCCCC3)CC2)n1. The van der Waals surface area contributed by atoms with E-state index in [4.69, 9.17) is 0 Å². The van der Waals surface area contributed by atoms with E-state index >= 15 is 0 Å². The van der Waals surface area contributed by atoms with Gasteiger partial charge in [-0.2, -0.15) is 20.2 Å². The van der Waals surface area contributed by atoms with Crippen LogP contribution >= 0.6 is 0 Å². The third kappa shape index (κ3) is 4.34. The molecular weight excluding hydrogens is 338 g/mol. The van der Waals surface area contributed by atoms with Crippen LogP contribution in [0.5, 0.6) is 0 Å². The number of hydrogen-bond acceptors (Lipinski definition) is 7. The number of nitrogens with one attached hydrogen (secondary N) is 1. The molecule has 27 heavy (non-hydrogen) atoms. The molecule has 0 saturated carbocycles. The summed E-state index contributed by atoms with van der Waals surface area (Å²) in [4.78, 5) is 17.9. The van der Waals surface area contributed by atoms with Gasteiger partial charge in [-0.3, -0.25) is 0 Å². The van der Waals surface area contributed by atoms with Crippen LogP contribution in [0.15, 0.2) is 30.3 Å². The van der Waals surface area contributed by atoms with Gasteiger partial charge in [-0.1, -0.05) is 24.6 Å². The molecule has 1 N–H and O–H groups in total. The molecule has 7 nitrogen and oxygen atoms in total. The van der Waals surface area contributed by atoms with Gasteiger partial charge in [-0.25, -0.2) is 0 Å². The Hall–Kier alpha value is -2.72. The maximum absolute atomic E-state index is 9.31. The number of nitrogens with zero attached hydrogens (tertiary/aromatic N) is 6. The largest absolute Gasteiger partial charge is 0.341 e. The van der Waals surface area contributed by atoms with Crippen molar-refractivity contribution < 1.29 is 0 Å². The molecule has 2 aliphatic rings. The molecular formula is C20H25N7. The lowest BCUT2D eigenvalue weighted by Crippen LogP contribution is -2.47. The number of likely N-dealkylation sites (tertiary alicyclic amines) is 1. The molecule has 0 bridgehead atoms.